The van der Waals surface area contributed by atoms with E-state index in [9.17, 15) is 14.4 Å². The number of hydrogen-bond acceptors (Lipinski definition) is 4. The van der Waals surface area contributed by atoms with Gasteiger partial charge in [0.25, 0.3) is 5.91 Å². The summed E-state index contributed by atoms with van der Waals surface area (Å²) < 4.78 is 5.41. The molecule has 7 heteroatoms. The lowest BCUT2D eigenvalue weighted by molar-refractivity contribution is -0.142. The first-order chi connectivity index (χ1) is 9.43. The smallest absolute Gasteiger partial charge is 0.326 e. The molecule has 1 aromatic rings. The molecular formula is C13H14INO5. The van der Waals surface area contributed by atoms with Crippen LogP contribution in [0.3, 0.4) is 0 Å². The fourth-order valence-corrected chi connectivity index (χ4v) is 1.82. The third-order valence-electron chi connectivity index (χ3n) is 2.57. The van der Waals surface area contributed by atoms with E-state index in [0.717, 1.165) is 3.57 Å². The molecule has 0 aliphatic rings. The molecule has 0 bridgehead atoms. The van der Waals surface area contributed by atoms with Crippen molar-refractivity contribution in [1.82, 2.24) is 5.32 Å². The first-order valence-electron chi connectivity index (χ1n) is 5.80. The highest BCUT2D eigenvalue weighted by Crippen LogP contribution is 2.08. The van der Waals surface area contributed by atoms with Crippen LogP contribution in [-0.4, -0.2) is 36.1 Å². The molecule has 0 aromatic heterocycles. The molecule has 0 saturated heterocycles. The summed E-state index contributed by atoms with van der Waals surface area (Å²) >= 11 is 2.10. The van der Waals surface area contributed by atoms with E-state index in [-0.39, 0.29) is 12.8 Å². The molecular weight excluding hydrogens is 377 g/mol. The van der Waals surface area contributed by atoms with Gasteiger partial charge in [0.1, 0.15) is 6.04 Å². The molecule has 1 atom stereocenters. The number of methoxy groups -OCH3 is 1. The Morgan fingerprint density at radius 2 is 1.90 bits per heavy atom. The predicted octanol–water partition coefficient (Wildman–Crippen LogP) is 1.43. The fourth-order valence-electron chi connectivity index (χ4n) is 1.46. The van der Waals surface area contributed by atoms with Gasteiger partial charge in [-0.2, -0.15) is 0 Å². The van der Waals surface area contributed by atoms with Gasteiger partial charge in [0.15, 0.2) is 0 Å². The molecule has 0 unspecified atom stereocenters. The number of rotatable bonds is 6. The zero-order valence-corrected chi connectivity index (χ0v) is 12.9. The monoisotopic (exact) mass is 391 g/mol. The Balaban J connectivity index is 2.65. The molecule has 1 rings (SSSR count). The number of hydrogen-bond donors (Lipinski definition) is 2. The van der Waals surface area contributed by atoms with Crippen molar-refractivity contribution in [3.05, 3.63) is 33.4 Å². The van der Waals surface area contributed by atoms with Crippen molar-refractivity contribution < 1.29 is 24.2 Å². The van der Waals surface area contributed by atoms with Crippen molar-refractivity contribution in [2.75, 3.05) is 7.11 Å². The van der Waals surface area contributed by atoms with Gasteiger partial charge in [-0.25, -0.2) is 4.79 Å². The van der Waals surface area contributed by atoms with E-state index in [2.05, 4.69) is 32.6 Å². The van der Waals surface area contributed by atoms with E-state index in [1.165, 1.54) is 7.11 Å². The largest absolute Gasteiger partial charge is 0.480 e. The average Bonchev–Trinajstić information content (AvgIpc) is 2.43. The minimum absolute atomic E-state index is 0.0158. The van der Waals surface area contributed by atoms with Crippen molar-refractivity contribution in [3.63, 3.8) is 0 Å². The van der Waals surface area contributed by atoms with Crippen molar-refractivity contribution in [1.29, 1.82) is 0 Å². The van der Waals surface area contributed by atoms with E-state index in [0.29, 0.717) is 5.56 Å². The maximum absolute atomic E-state index is 11.9. The van der Waals surface area contributed by atoms with Crippen LogP contribution in [0.2, 0.25) is 0 Å². The van der Waals surface area contributed by atoms with Crippen LogP contribution in [0.25, 0.3) is 0 Å². The van der Waals surface area contributed by atoms with E-state index < -0.39 is 23.9 Å². The Morgan fingerprint density at radius 1 is 1.30 bits per heavy atom. The van der Waals surface area contributed by atoms with E-state index in [4.69, 9.17) is 5.11 Å². The van der Waals surface area contributed by atoms with Gasteiger partial charge >= 0.3 is 11.9 Å². The Hall–Kier alpha value is -1.64. The highest BCUT2D eigenvalue weighted by atomic mass is 127. The molecule has 0 aliphatic heterocycles. The standard InChI is InChI=1S/C13H14INO5/c1-20-11(16)7-6-10(13(18)19)15-12(17)8-2-4-9(14)5-3-8/h2-5,10H,6-7H2,1H3,(H,15,17)(H,18,19)/t10-/m1/s1. The molecule has 0 saturated carbocycles. The Bertz CT molecular complexity index is 500. The molecule has 0 fully saturated rings. The summed E-state index contributed by atoms with van der Waals surface area (Å²) in [6.07, 6.45) is -0.0848. The number of carbonyl (C=O) groups is 3. The quantitative estimate of drug-likeness (QED) is 0.566. The van der Waals surface area contributed by atoms with Crippen LogP contribution >= 0.6 is 22.6 Å². The number of benzene rings is 1. The highest BCUT2D eigenvalue weighted by molar-refractivity contribution is 14.1. The van der Waals surface area contributed by atoms with Crippen molar-refractivity contribution >= 4 is 40.4 Å². The fraction of sp³-hybridized carbons (Fsp3) is 0.308. The molecule has 1 amide bonds. The van der Waals surface area contributed by atoms with Crippen molar-refractivity contribution in [2.24, 2.45) is 0 Å². The van der Waals surface area contributed by atoms with Crippen LogP contribution in [0.15, 0.2) is 24.3 Å². The van der Waals surface area contributed by atoms with Crippen molar-refractivity contribution in [2.45, 2.75) is 18.9 Å². The van der Waals surface area contributed by atoms with Gasteiger partial charge < -0.3 is 15.2 Å². The number of ether oxygens (including phenoxy) is 1. The molecule has 6 nitrogen and oxygen atoms in total. The number of nitrogens with one attached hydrogen (secondary N) is 1. The second-order valence-corrected chi connectivity index (χ2v) is 5.23. The number of amides is 1. The van der Waals surface area contributed by atoms with Gasteiger partial charge in [0.05, 0.1) is 7.11 Å². The first-order valence-corrected chi connectivity index (χ1v) is 6.88. The second kappa shape index (κ2) is 7.83. The minimum Gasteiger partial charge on any atom is -0.480 e. The van der Waals surface area contributed by atoms with E-state index in [1.807, 2.05) is 0 Å². The first kappa shape index (κ1) is 16.4. The van der Waals surface area contributed by atoms with Crippen LogP contribution < -0.4 is 5.32 Å². The average molecular weight is 391 g/mol. The van der Waals surface area contributed by atoms with Crippen LogP contribution in [-0.2, 0) is 14.3 Å². The molecule has 108 valence electrons. The molecule has 1 aromatic carbocycles. The minimum atomic E-state index is -1.19. The van der Waals surface area contributed by atoms with Crippen LogP contribution in [0, 0.1) is 3.57 Å². The van der Waals surface area contributed by atoms with Gasteiger partial charge in [-0.1, -0.05) is 0 Å². The summed E-state index contributed by atoms with van der Waals surface area (Å²) in [6.45, 7) is 0. The SMILES string of the molecule is COC(=O)CC[C@@H](NC(=O)c1ccc(I)cc1)C(=O)O. The molecule has 20 heavy (non-hydrogen) atoms. The number of esters is 1. The lowest BCUT2D eigenvalue weighted by atomic mass is 10.1. The molecule has 0 aliphatic carbocycles. The predicted molar refractivity (Wildman–Crippen MR) is 79.3 cm³/mol. The summed E-state index contributed by atoms with van der Waals surface area (Å²) in [5.41, 5.74) is 0.370. The summed E-state index contributed by atoms with van der Waals surface area (Å²) in [7, 11) is 1.22. The van der Waals surface area contributed by atoms with Crippen molar-refractivity contribution in [3.8, 4) is 0 Å². The number of carboxylic acids is 1. The molecule has 0 heterocycles. The number of aliphatic carboxylic acids is 1. The second-order valence-electron chi connectivity index (χ2n) is 3.99. The van der Waals surface area contributed by atoms with Gasteiger partial charge in [-0.15, -0.1) is 0 Å². The third-order valence-corrected chi connectivity index (χ3v) is 3.29. The van der Waals surface area contributed by atoms with Gasteiger partial charge in [-0.3, -0.25) is 9.59 Å². The topological polar surface area (TPSA) is 92.7 Å². The molecule has 0 spiro atoms. The number of carbonyl (C=O) groups excluding carboxylic acids is 2. The van der Waals surface area contributed by atoms with Gasteiger partial charge in [-0.05, 0) is 53.3 Å². The van der Waals surface area contributed by atoms with Crippen LogP contribution in [0.1, 0.15) is 23.2 Å². The zero-order valence-electron chi connectivity index (χ0n) is 10.8. The van der Waals surface area contributed by atoms with E-state index in [1.54, 1.807) is 24.3 Å². The van der Waals surface area contributed by atoms with Gasteiger partial charge in [0.2, 0.25) is 0 Å². The summed E-state index contributed by atoms with van der Waals surface area (Å²) in [5.74, 6) is -2.19. The lowest BCUT2D eigenvalue weighted by Gasteiger charge is -2.14. The van der Waals surface area contributed by atoms with Gasteiger partial charge in [0, 0.05) is 15.6 Å². The summed E-state index contributed by atoms with van der Waals surface area (Å²) in [6, 6.07) is 5.59. The van der Waals surface area contributed by atoms with Crippen LogP contribution in [0.4, 0.5) is 0 Å². The summed E-state index contributed by atoms with van der Waals surface area (Å²) in [4.78, 5) is 33.9. The number of carboxylic acid groups (broad SMARTS) is 1. The Kier molecular flexibility index (Phi) is 6.43. The summed E-state index contributed by atoms with van der Waals surface area (Å²) in [5, 5.41) is 11.4. The van der Waals surface area contributed by atoms with E-state index >= 15 is 0 Å². The zero-order chi connectivity index (χ0) is 15.1. The maximum Gasteiger partial charge on any atom is 0.326 e. The highest BCUT2D eigenvalue weighted by Gasteiger charge is 2.21. The molecule has 0 radical (unpaired) electrons. The third kappa shape index (κ3) is 5.16. The molecule has 2 N–H and O–H groups in total. The number of halogens is 1. The Labute approximate surface area is 129 Å². The normalized spacial score (nSPS) is 11.5. The maximum atomic E-state index is 11.9. The Morgan fingerprint density at radius 3 is 2.40 bits per heavy atom. The van der Waals surface area contributed by atoms with Crippen LogP contribution in [0.5, 0.6) is 0 Å². The lowest BCUT2D eigenvalue weighted by Crippen LogP contribution is -2.41.